The Hall–Kier alpha value is -2.75. The van der Waals surface area contributed by atoms with Gasteiger partial charge in [0.05, 0.1) is 27.0 Å². The van der Waals surface area contributed by atoms with Gasteiger partial charge in [-0.3, -0.25) is 4.72 Å². The van der Waals surface area contributed by atoms with Crippen LogP contribution in [0.3, 0.4) is 0 Å². The second-order valence-corrected chi connectivity index (χ2v) is 9.49. The number of para-hydroxylation sites is 1. The lowest BCUT2D eigenvalue weighted by Gasteiger charge is -2.08. The Balaban J connectivity index is 1.67. The lowest BCUT2D eigenvalue weighted by molar-refractivity contribution is 0.0698. The maximum Gasteiger partial charge on any atom is 0.337 e. The molecule has 6 nitrogen and oxygen atoms in total. The minimum Gasteiger partial charge on any atom is -0.478 e. The van der Waals surface area contributed by atoms with Gasteiger partial charge in [0.25, 0.3) is 10.0 Å². The Morgan fingerprint density at radius 1 is 1.07 bits per heavy atom. The molecule has 0 aliphatic carbocycles. The van der Waals surface area contributed by atoms with Crippen molar-refractivity contribution >= 4 is 54.6 Å². The summed E-state index contributed by atoms with van der Waals surface area (Å²) >= 11 is 2.65. The largest absolute Gasteiger partial charge is 0.478 e. The van der Waals surface area contributed by atoms with Crippen LogP contribution in [-0.2, 0) is 10.0 Å². The number of rotatable bonds is 5. The van der Waals surface area contributed by atoms with Gasteiger partial charge in [-0.2, -0.15) is 0 Å². The molecule has 0 atom stereocenters. The highest BCUT2D eigenvalue weighted by atomic mass is 32.2. The summed E-state index contributed by atoms with van der Waals surface area (Å²) in [5, 5.41) is 9.22. The van der Waals surface area contributed by atoms with Crippen molar-refractivity contribution in [2.24, 2.45) is 0 Å². The van der Waals surface area contributed by atoms with Crippen molar-refractivity contribution in [2.45, 2.75) is 4.21 Å². The number of fused-ring (bicyclic) bond motifs is 1. The normalized spacial score (nSPS) is 11.6. The number of aromatic carboxylic acids is 1. The van der Waals surface area contributed by atoms with Gasteiger partial charge in [0, 0.05) is 4.88 Å². The van der Waals surface area contributed by atoms with Gasteiger partial charge in [-0.05, 0) is 42.0 Å². The van der Waals surface area contributed by atoms with Gasteiger partial charge in [-0.1, -0.05) is 18.2 Å². The summed E-state index contributed by atoms with van der Waals surface area (Å²) in [4.78, 5) is 16.3. The Bertz CT molecular complexity index is 1260. The zero-order chi connectivity index (χ0) is 19.0. The summed E-state index contributed by atoms with van der Waals surface area (Å²) in [6.07, 6.45) is 0. The number of carboxylic acids is 1. The van der Waals surface area contributed by atoms with Gasteiger partial charge < -0.3 is 5.11 Å². The summed E-state index contributed by atoms with van der Waals surface area (Å²) in [7, 11) is -3.89. The van der Waals surface area contributed by atoms with Crippen LogP contribution in [0.15, 0.2) is 64.3 Å². The first-order valence-electron chi connectivity index (χ1n) is 7.73. The molecule has 4 rings (SSSR count). The molecule has 2 heterocycles. The number of benzene rings is 2. The fourth-order valence-corrected chi connectivity index (χ4v) is 5.68. The molecule has 0 unspecified atom stereocenters. The number of aromatic nitrogens is 1. The van der Waals surface area contributed by atoms with Gasteiger partial charge in [-0.25, -0.2) is 18.2 Å². The first kappa shape index (κ1) is 17.7. The number of sulfonamides is 1. The zero-order valence-electron chi connectivity index (χ0n) is 13.6. The van der Waals surface area contributed by atoms with E-state index < -0.39 is 16.0 Å². The van der Waals surface area contributed by atoms with Crippen molar-refractivity contribution < 1.29 is 18.3 Å². The van der Waals surface area contributed by atoms with Gasteiger partial charge in [-0.15, -0.1) is 22.7 Å². The number of anilines is 1. The molecule has 9 heteroatoms. The number of hydrogen-bond donors (Lipinski definition) is 2. The predicted octanol–water partition coefficient (Wildman–Crippen LogP) is 4.52. The zero-order valence-corrected chi connectivity index (χ0v) is 16.1. The van der Waals surface area contributed by atoms with E-state index in [2.05, 4.69) is 9.71 Å². The lowest BCUT2D eigenvalue weighted by atomic mass is 10.2. The molecule has 0 aliphatic heterocycles. The fraction of sp³-hybridized carbons (Fsp3) is 0. The fourth-order valence-electron chi connectivity index (χ4n) is 2.58. The van der Waals surface area contributed by atoms with Crippen LogP contribution in [-0.4, -0.2) is 24.5 Å². The molecule has 0 aliphatic rings. The number of nitrogens with zero attached hydrogens (tertiary/aromatic N) is 1. The average molecular weight is 417 g/mol. The molecule has 4 aromatic rings. The maximum absolute atomic E-state index is 12.7. The van der Waals surface area contributed by atoms with E-state index >= 15 is 0 Å². The number of carbonyl (C=O) groups is 1. The molecular weight excluding hydrogens is 404 g/mol. The van der Waals surface area contributed by atoms with Crippen molar-refractivity contribution in [3.05, 3.63) is 65.7 Å². The van der Waals surface area contributed by atoms with Crippen LogP contribution in [0.4, 0.5) is 5.69 Å². The quantitative estimate of drug-likeness (QED) is 0.498. The lowest BCUT2D eigenvalue weighted by Crippen LogP contribution is -2.14. The van der Waals surface area contributed by atoms with Crippen LogP contribution in [0.5, 0.6) is 0 Å². The Labute approximate surface area is 162 Å². The summed E-state index contributed by atoms with van der Waals surface area (Å²) in [6, 6.07) is 14.9. The molecule has 0 bridgehead atoms. The summed E-state index contributed by atoms with van der Waals surface area (Å²) in [5.41, 5.74) is 3.51. The molecule has 0 amide bonds. The van der Waals surface area contributed by atoms with Crippen molar-refractivity contribution in [1.29, 1.82) is 0 Å². The van der Waals surface area contributed by atoms with Gasteiger partial charge in [0.1, 0.15) is 4.21 Å². The summed E-state index contributed by atoms with van der Waals surface area (Å²) in [6.45, 7) is 0. The molecule has 0 saturated heterocycles. The standard InChI is InChI=1S/C18H12N2O4S3/c21-18(22)12-3-1-2-4-13(12)20-27(23,24)17-8-7-15(26-17)11-5-6-14-16(9-11)25-10-19-14/h1-10,20H,(H,21,22). The summed E-state index contributed by atoms with van der Waals surface area (Å²) in [5.74, 6) is -1.20. The molecule has 2 aromatic heterocycles. The van der Waals surface area contributed by atoms with Crippen LogP contribution in [0.25, 0.3) is 20.7 Å². The predicted molar refractivity (Wildman–Crippen MR) is 107 cm³/mol. The van der Waals surface area contributed by atoms with E-state index in [1.807, 2.05) is 18.2 Å². The minimum absolute atomic E-state index is 0.0334. The van der Waals surface area contributed by atoms with E-state index in [1.54, 1.807) is 23.7 Å². The van der Waals surface area contributed by atoms with Gasteiger partial charge >= 0.3 is 5.97 Å². The third-order valence-corrected chi connectivity index (χ3v) is 7.65. The van der Waals surface area contributed by atoms with Crippen LogP contribution >= 0.6 is 22.7 Å². The van der Waals surface area contributed by atoms with Crippen LogP contribution in [0.1, 0.15) is 10.4 Å². The molecule has 2 aromatic carbocycles. The van der Waals surface area contributed by atoms with E-state index in [4.69, 9.17) is 0 Å². The second kappa shape index (κ2) is 6.76. The first-order valence-corrected chi connectivity index (χ1v) is 10.9. The third-order valence-electron chi connectivity index (χ3n) is 3.86. The average Bonchev–Trinajstić information content (AvgIpc) is 3.30. The molecule has 0 radical (unpaired) electrons. The second-order valence-electron chi connectivity index (χ2n) is 5.61. The van der Waals surface area contributed by atoms with Crippen LogP contribution in [0, 0.1) is 0 Å². The number of hydrogen-bond acceptors (Lipinski definition) is 6. The monoisotopic (exact) mass is 416 g/mol. The number of thiophene rings is 1. The highest BCUT2D eigenvalue weighted by molar-refractivity contribution is 7.94. The SMILES string of the molecule is O=C(O)c1ccccc1NS(=O)(=O)c1ccc(-c2ccc3ncsc3c2)s1. The van der Waals surface area contributed by atoms with Gasteiger partial charge in [0.2, 0.25) is 0 Å². The minimum atomic E-state index is -3.89. The van der Waals surface area contributed by atoms with E-state index in [9.17, 15) is 18.3 Å². The van der Waals surface area contributed by atoms with Crippen molar-refractivity contribution in [2.75, 3.05) is 4.72 Å². The molecule has 2 N–H and O–H groups in total. The Kier molecular flexibility index (Phi) is 4.42. The molecule has 136 valence electrons. The number of carboxylic acid groups (broad SMARTS) is 1. The van der Waals surface area contributed by atoms with Crippen molar-refractivity contribution in [1.82, 2.24) is 4.98 Å². The molecular formula is C18H12N2O4S3. The Morgan fingerprint density at radius 3 is 2.70 bits per heavy atom. The first-order chi connectivity index (χ1) is 12.9. The van der Waals surface area contributed by atoms with E-state index in [0.717, 1.165) is 32.0 Å². The van der Waals surface area contributed by atoms with E-state index in [1.165, 1.54) is 29.5 Å². The third kappa shape index (κ3) is 3.44. The number of nitrogens with one attached hydrogen (secondary N) is 1. The maximum atomic E-state index is 12.7. The van der Waals surface area contributed by atoms with E-state index in [0.29, 0.717) is 0 Å². The van der Waals surface area contributed by atoms with E-state index in [-0.39, 0.29) is 15.5 Å². The van der Waals surface area contributed by atoms with Crippen LogP contribution < -0.4 is 4.72 Å². The van der Waals surface area contributed by atoms with Crippen LogP contribution in [0.2, 0.25) is 0 Å². The number of thiazole rings is 1. The topological polar surface area (TPSA) is 96.4 Å². The Morgan fingerprint density at radius 2 is 1.89 bits per heavy atom. The molecule has 27 heavy (non-hydrogen) atoms. The highest BCUT2D eigenvalue weighted by Crippen LogP contribution is 2.34. The van der Waals surface area contributed by atoms with Gasteiger partial charge in [0.15, 0.2) is 0 Å². The molecule has 0 saturated carbocycles. The van der Waals surface area contributed by atoms with Crippen molar-refractivity contribution in [3.63, 3.8) is 0 Å². The molecule has 0 fully saturated rings. The smallest absolute Gasteiger partial charge is 0.337 e. The summed E-state index contributed by atoms with van der Waals surface area (Å²) < 4.78 is 28.9. The highest BCUT2D eigenvalue weighted by Gasteiger charge is 2.20. The van der Waals surface area contributed by atoms with Crippen molar-refractivity contribution in [3.8, 4) is 10.4 Å². The molecule has 0 spiro atoms.